The van der Waals surface area contributed by atoms with Crippen molar-refractivity contribution in [2.45, 2.75) is 44.5 Å². The minimum absolute atomic E-state index is 0.0368. The van der Waals surface area contributed by atoms with Crippen molar-refractivity contribution in [2.75, 3.05) is 36.4 Å². The lowest BCUT2D eigenvalue weighted by molar-refractivity contribution is -0.187. The fraction of sp³-hybridized carbons (Fsp3) is 0.481. The van der Waals surface area contributed by atoms with Gasteiger partial charge in [0.25, 0.3) is 0 Å². The molecule has 4 heterocycles. The first kappa shape index (κ1) is 22.8. The van der Waals surface area contributed by atoms with E-state index in [2.05, 4.69) is 24.1 Å². The molecule has 0 aliphatic carbocycles. The molecular formula is C27H30ClN3O4. The van der Waals surface area contributed by atoms with Crippen LogP contribution in [0, 0.1) is 11.8 Å². The molecule has 0 aromatic heterocycles. The van der Waals surface area contributed by atoms with Gasteiger partial charge in [0.1, 0.15) is 17.9 Å². The summed E-state index contributed by atoms with van der Waals surface area (Å²) in [6, 6.07) is 13.2. The zero-order valence-corrected chi connectivity index (χ0v) is 20.8. The van der Waals surface area contributed by atoms with Crippen molar-refractivity contribution in [3.05, 3.63) is 53.1 Å². The lowest BCUT2D eigenvalue weighted by atomic mass is 9.70. The number of carbonyl (C=O) groups excluding carboxylic acids is 2. The van der Waals surface area contributed by atoms with Crippen molar-refractivity contribution >= 4 is 34.8 Å². The van der Waals surface area contributed by atoms with Crippen LogP contribution in [0.3, 0.4) is 0 Å². The number of hydrogen-bond donors (Lipinski definition) is 1. The molecule has 7 nitrogen and oxygen atoms in total. The predicted molar refractivity (Wildman–Crippen MR) is 134 cm³/mol. The van der Waals surface area contributed by atoms with Crippen molar-refractivity contribution in [2.24, 2.45) is 11.8 Å². The van der Waals surface area contributed by atoms with Crippen LogP contribution in [0.15, 0.2) is 42.5 Å². The number of fused-ring (bicyclic) bond motifs is 5. The van der Waals surface area contributed by atoms with Crippen molar-refractivity contribution < 1.29 is 19.1 Å². The molecule has 0 bridgehead atoms. The van der Waals surface area contributed by atoms with Gasteiger partial charge in [-0.05, 0) is 62.9 Å². The average Bonchev–Trinajstić information content (AvgIpc) is 2.83. The molecular weight excluding hydrogens is 466 g/mol. The summed E-state index contributed by atoms with van der Waals surface area (Å²) in [4.78, 5) is 29.3. The van der Waals surface area contributed by atoms with Crippen LogP contribution in [0.4, 0.5) is 11.4 Å². The lowest BCUT2D eigenvalue weighted by Crippen LogP contribution is -2.56. The van der Waals surface area contributed by atoms with E-state index in [1.165, 1.54) is 0 Å². The molecule has 8 heteroatoms. The molecule has 0 radical (unpaired) electrons. The minimum atomic E-state index is -0.362. The van der Waals surface area contributed by atoms with E-state index in [1.807, 2.05) is 42.5 Å². The van der Waals surface area contributed by atoms with Crippen LogP contribution in [0.25, 0.3) is 0 Å². The van der Waals surface area contributed by atoms with Crippen LogP contribution in [-0.4, -0.2) is 54.6 Å². The molecule has 184 valence electrons. The van der Waals surface area contributed by atoms with Crippen LogP contribution in [0.2, 0.25) is 5.02 Å². The summed E-state index contributed by atoms with van der Waals surface area (Å²) in [6.07, 6.45) is 1.94. The Labute approximate surface area is 210 Å². The molecule has 2 aromatic carbocycles. The molecule has 1 N–H and O–H groups in total. The molecule has 2 fully saturated rings. The number of nitrogens with zero attached hydrogens (tertiary/aromatic N) is 2. The molecule has 4 aliphatic heterocycles. The SMILES string of the molecule is CC1(C)Oc2ccc(Cl)cc2[C@@H]2O[C@@H]3CCN(CC(=O)N4CC(=O)Nc5ccccc54)C[C@@H]3C[C@H]21. The smallest absolute Gasteiger partial charge is 0.244 e. The fourth-order valence-corrected chi connectivity index (χ4v) is 6.41. The Balaban J connectivity index is 1.17. The second-order valence-corrected chi connectivity index (χ2v) is 11.1. The van der Waals surface area contributed by atoms with E-state index in [9.17, 15) is 9.59 Å². The molecule has 4 aliphatic rings. The Morgan fingerprint density at radius 3 is 2.91 bits per heavy atom. The van der Waals surface area contributed by atoms with Crippen LogP contribution in [0.5, 0.6) is 5.75 Å². The summed E-state index contributed by atoms with van der Waals surface area (Å²) in [7, 11) is 0. The molecule has 6 rings (SSSR count). The van der Waals surface area contributed by atoms with Gasteiger partial charge >= 0.3 is 0 Å². The Hall–Kier alpha value is -2.61. The Bertz CT molecular complexity index is 1180. The number of anilines is 2. The van der Waals surface area contributed by atoms with Crippen LogP contribution < -0.4 is 15.0 Å². The highest BCUT2D eigenvalue weighted by atomic mass is 35.5. The number of amides is 2. The summed E-state index contributed by atoms with van der Waals surface area (Å²) >= 11 is 6.31. The van der Waals surface area contributed by atoms with E-state index in [0.29, 0.717) is 16.6 Å². The van der Waals surface area contributed by atoms with E-state index in [-0.39, 0.29) is 48.6 Å². The Kier molecular flexibility index (Phi) is 5.55. The number of likely N-dealkylation sites (tertiary alicyclic amines) is 1. The number of hydrogen-bond acceptors (Lipinski definition) is 5. The maximum Gasteiger partial charge on any atom is 0.244 e. The zero-order valence-electron chi connectivity index (χ0n) is 20.0. The number of carbonyl (C=O) groups is 2. The van der Waals surface area contributed by atoms with Gasteiger partial charge < -0.3 is 14.8 Å². The van der Waals surface area contributed by atoms with E-state index in [4.69, 9.17) is 21.1 Å². The highest BCUT2D eigenvalue weighted by Gasteiger charge is 2.51. The van der Waals surface area contributed by atoms with Gasteiger partial charge in [-0.3, -0.25) is 19.4 Å². The first-order chi connectivity index (χ1) is 16.8. The third-order valence-corrected chi connectivity index (χ3v) is 8.20. The number of piperidine rings is 1. The summed E-state index contributed by atoms with van der Waals surface area (Å²) < 4.78 is 13.1. The number of ether oxygens (including phenoxy) is 2. The van der Waals surface area contributed by atoms with E-state index in [1.54, 1.807) is 4.90 Å². The van der Waals surface area contributed by atoms with Gasteiger partial charge in [0.15, 0.2) is 0 Å². The largest absolute Gasteiger partial charge is 0.487 e. The third kappa shape index (κ3) is 4.09. The van der Waals surface area contributed by atoms with Crippen molar-refractivity contribution in [3.8, 4) is 5.75 Å². The second-order valence-electron chi connectivity index (χ2n) is 10.7. The summed E-state index contributed by atoms with van der Waals surface area (Å²) in [5.74, 6) is 1.15. The number of halogens is 1. The average molecular weight is 496 g/mol. The van der Waals surface area contributed by atoms with E-state index in [0.717, 1.165) is 42.9 Å². The molecule has 2 amide bonds. The highest BCUT2D eigenvalue weighted by molar-refractivity contribution is 6.30. The quantitative estimate of drug-likeness (QED) is 0.674. The minimum Gasteiger partial charge on any atom is -0.487 e. The standard InChI is InChI=1S/C27H30ClN3O4/c1-27(2)19-11-16-13-30(15-25(33)31-14-24(32)29-20-5-3-4-6-21(20)31)10-9-22(16)34-26(19)18-12-17(28)7-8-23(18)35-27/h3-8,12,16,19,22,26H,9-11,13-15H2,1-2H3,(H,29,32)/t16-,19+,22+,26-/m0/s1. The molecule has 4 atom stereocenters. The Morgan fingerprint density at radius 2 is 2.06 bits per heavy atom. The van der Waals surface area contributed by atoms with Crippen molar-refractivity contribution in [1.82, 2.24) is 4.90 Å². The zero-order chi connectivity index (χ0) is 24.3. The third-order valence-electron chi connectivity index (χ3n) is 7.97. The van der Waals surface area contributed by atoms with Crippen LogP contribution >= 0.6 is 11.6 Å². The number of nitrogens with one attached hydrogen (secondary N) is 1. The molecule has 2 saturated heterocycles. The lowest BCUT2D eigenvalue weighted by Gasteiger charge is -2.53. The van der Waals surface area contributed by atoms with Gasteiger partial charge in [0, 0.05) is 29.6 Å². The van der Waals surface area contributed by atoms with Gasteiger partial charge in [-0.1, -0.05) is 23.7 Å². The summed E-state index contributed by atoms with van der Waals surface area (Å²) in [5.41, 5.74) is 2.12. The first-order valence-electron chi connectivity index (χ1n) is 12.3. The second kappa shape index (κ2) is 8.50. The molecule has 2 aromatic rings. The maximum absolute atomic E-state index is 13.3. The molecule has 0 unspecified atom stereocenters. The van der Waals surface area contributed by atoms with Crippen LogP contribution in [-0.2, 0) is 14.3 Å². The summed E-state index contributed by atoms with van der Waals surface area (Å²) in [5, 5.41) is 3.54. The molecule has 0 saturated carbocycles. The number of rotatable bonds is 2. The van der Waals surface area contributed by atoms with E-state index < -0.39 is 0 Å². The molecule has 0 spiro atoms. The summed E-state index contributed by atoms with van der Waals surface area (Å²) in [6.45, 7) is 6.19. The number of benzene rings is 2. The normalized spacial score (nSPS) is 29.1. The van der Waals surface area contributed by atoms with Gasteiger partial charge in [-0.2, -0.15) is 0 Å². The molecule has 35 heavy (non-hydrogen) atoms. The van der Waals surface area contributed by atoms with Crippen molar-refractivity contribution in [3.63, 3.8) is 0 Å². The van der Waals surface area contributed by atoms with Crippen molar-refractivity contribution in [1.29, 1.82) is 0 Å². The highest BCUT2D eigenvalue weighted by Crippen LogP contribution is 2.53. The van der Waals surface area contributed by atoms with Gasteiger partial charge in [-0.25, -0.2) is 0 Å². The Morgan fingerprint density at radius 1 is 1.23 bits per heavy atom. The topological polar surface area (TPSA) is 71.1 Å². The van der Waals surface area contributed by atoms with Gasteiger partial charge in [0.2, 0.25) is 11.8 Å². The van der Waals surface area contributed by atoms with Gasteiger partial charge in [-0.15, -0.1) is 0 Å². The maximum atomic E-state index is 13.3. The number of para-hydroxylation sites is 2. The fourth-order valence-electron chi connectivity index (χ4n) is 6.23. The monoisotopic (exact) mass is 495 g/mol. The van der Waals surface area contributed by atoms with E-state index >= 15 is 0 Å². The first-order valence-corrected chi connectivity index (χ1v) is 12.7. The van der Waals surface area contributed by atoms with Crippen LogP contribution in [0.1, 0.15) is 38.4 Å². The van der Waals surface area contributed by atoms with Gasteiger partial charge in [0.05, 0.1) is 30.1 Å². The predicted octanol–water partition coefficient (Wildman–Crippen LogP) is 4.26.